The molecule has 0 saturated heterocycles. The van der Waals surface area contributed by atoms with Gasteiger partial charge in [-0.3, -0.25) is 5.84 Å². The Morgan fingerprint density at radius 1 is 1.24 bits per heavy atom. The van der Waals surface area contributed by atoms with Crippen molar-refractivity contribution in [1.82, 2.24) is 5.43 Å². The summed E-state index contributed by atoms with van der Waals surface area (Å²) in [6, 6.07) is 12.5. The van der Waals surface area contributed by atoms with Gasteiger partial charge in [0.1, 0.15) is 11.6 Å². The second-order valence-electron chi connectivity index (χ2n) is 4.98. The van der Waals surface area contributed by atoms with Gasteiger partial charge in [0.15, 0.2) is 0 Å². The lowest BCUT2D eigenvalue weighted by molar-refractivity contribution is 0.410. The molecular weight excluding hydrogens is 267 g/mol. The van der Waals surface area contributed by atoms with Crippen LogP contribution in [0.15, 0.2) is 42.5 Å². The van der Waals surface area contributed by atoms with Crippen LogP contribution in [0.1, 0.15) is 36.1 Å². The minimum absolute atomic E-state index is 0.335. The minimum Gasteiger partial charge on any atom is -0.497 e. The van der Waals surface area contributed by atoms with Crippen LogP contribution in [-0.2, 0) is 6.42 Å². The number of hydrogen-bond acceptors (Lipinski definition) is 3. The highest BCUT2D eigenvalue weighted by atomic mass is 19.1. The van der Waals surface area contributed by atoms with Gasteiger partial charge in [0.2, 0.25) is 0 Å². The number of methoxy groups -OCH3 is 1. The van der Waals surface area contributed by atoms with Crippen LogP contribution in [0.3, 0.4) is 0 Å². The van der Waals surface area contributed by atoms with Crippen LogP contribution < -0.4 is 16.0 Å². The number of benzene rings is 2. The van der Waals surface area contributed by atoms with Gasteiger partial charge in [0.05, 0.1) is 13.2 Å². The molecule has 2 aromatic carbocycles. The Kier molecular flexibility index (Phi) is 5.31. The van der Waals surface area contributed by atoms with Gasteiger partial charge in [-0.25, -0.2) is 9.82 Å². The molecule has 0 bridgehead atoms. The molecule has 0 saturated carbocycles. The maximum absolute atomic E-state index is 14.2. The van der Waals surface area contributed by atoms with Crippen LogP contribution in [0.4, 0.5) is 4.39 Å². The number of nitrogens with one attached hydrogen (secondary N) is 1. The predicted octanol–water partition coefficient (Wildman–Crippen LogP) is 3.34. The summed E-state index contributed by atoms with van der Waals surface area (Å²) in [6.07, 6.45) is 2.07. The lowest BCUT2D eigenvalue weighted by Gasteiger charge is -2.19. The van der Waals surface area contributed by atoms with Gasteiger partial charge in [-0.15, -0.1) is 0 Å². The van der Waals surface area contributed by atoms with Crippen molar-refractivity contribution in [3.8, 4) is 5.75 Å². The molecule has 0 aliphatic heterocycles. The van der Waals surface area contributed by atoms with Gasteiger partial charge in [-0.1, -0.05) is 43.7 Å². The van der Waals surface area contributed by atoms with Crippen LogP contribution in [0.25, 0.3) is 0 Å². The first-order chi connectivity index (χ1) is 10.2. The third-order valence-electron chi connectivity index (χ3n) is 3.51. The van der Waals surface area contributed by atoms with Crippen LogP contribution in [0.2, 0.25) is 0 Å². The third-order valence-corrected chi connectivity index (χ3v) is 3.51. The second-order valence-corrected chi connectivity index (χ2v) is 4.98. The van der Waals surface area contributed by atoms with E-state index in [0.29, 0.717) is 11.3 Å². The molecule has 1 unspecified atom stereocenters. The van der Waals surface area contributed by atoms with Crippen LogP contribution in [0.5, 0.6) is 5.75 Å². The van der Waals surface area contributed by atoms with Crippen molar-refractivity contribution >= 4 is 0 Å². The van der Waals surface area contributed by atoms with Gasteiger partial charge in [0, 0.05) is 11.6 Å². The third kappa shape index (κ3) is 3.60. The summed E-state index contributed by atoms with van der Waals surface area (Å²) in [5.74, 6) is 5.81. The normalized spacial score (nSPS) is 12.2. The van der Waals surface area contributed by atoms with Gasteiger partial charge < -0.3 is 4.74 Å². The van der Waals surface area contributed by atoms with E-state index in [0.717, 1.165) is 18.4 Å². The van der Waals surface area contributed by atoms with Crippen LogP contribution in [-0.4, -0.2) is 7.11 Å². The highest BCUT2D eigenvalue weighted by Crippen LogP contribution is 2.27. The zero-order valence-electron chi connectivity index (χ0n) is 12.4. The first-order valence-electron chi connectivity index (χ1n) is 7.08. The zero-order chi connectivity index (χ0) is 15.2. The molecule has 3 nitrogen and oxygen atoms in total. The Labute approximate surface area is 124 Å². The lowest BCUT2D eigenvalue weighted by atomic mass is 9.96. The smallest absolute Gasteiger partial charge is 0.132 e. The van der Waals surface area contributed by atoms with Crippen molar-refractivity contribution in [2.75, 3.05) is 7.11 Å². The average molecular weight is 288 g/mol. The SMILES string of the molecule is CCCc1cccc(C(NN)c2ccc(OC)cc2F)c1. The number of rotatable bonds is 6. The molecule has 0 aliphatic rings. The summed E-state index contributed by atoms with van der Waals surface area (Å²) in [7, 11) is 1.52. The van der Waals surface area contributed by atoms with Gasteiger partial charge in [-0.2, -0.15) is 0 Å². The van der Waals surface area contributed by atoms with E-state index in [1.165, 1.54) is 18.7 Å². The fourth-order valence-electron chi connectivity index (χ4n) is 2.45. The lowest BCUT2D eigenvalue weighted by Crippen LogP contribution is -2.29. The van der Waals surface area contributed by atoms with Crippen molar-refractivity contribution in [2.45, 2.75) is 25.8 Å². The maximum Gasteiger partial charge on any atom is 0.132 e. The summed E-state index contributed by atoms with van der Waals surface area (Å²) in [5.41, 5.74) is 5.39. The molecule has 112 valence electrons. The van der Waals surface area contributed by atoms with Crippen molar-refractivity contribution in [3.05, 3.63) is 65.0 Å². The molecule has 1 atom stereocenters. The predicted molar refractivity (Wildman–Crippen MR) is 82.6 cm³/mol. The fraction of sp³-hybridized carbons (Fsp3) is 0.294. The van der Waals surface area contributed by atoms with E-state index in [1.807, 2.05) is 12.1 Å². The number of hydrazine groups is 1. The first-order valence-corrected chi connectivity index (χ1v) is 7.08. The number of ether oxygens (including phenoxy) is 1. The summed E-state index contributed by atoms with van der Waals surface area (Å²) in [5, 5.41) is 0. The Balaban J connectivity index is 2.37. The van der Waals surface area contributed by atoms with E-state index in [-0.39, 0.29) is 11.9 Å². The molecule has 3 N–H and O–H groups in total. The van der Waals surface area contributed by atoms with Crippen molar-refractivity contribution in [2.24, 2.45) is 5.84 Å². The number of hydrogen-bond donors (Lipinski definition) is 2. The van der Waals surface area contributed by atoms with E-state index in [1.54, 1.807) is 12.1 Å². The van der Waals surface area contributed by atoms with Gasteiger partial charge in [-0.05, 0) is 23.6 Å². The Bertz CT molecular complexity index is 601. The molecule has 0 amide bonds. The molecule has 0 radical (unpaired) electrons. The highest BCUT2D eigenvalue weighted by molar-refractivity contribution is 5.38. The molecule has 21 heavy (non-hydrogen) atoms. The fourth-order valence-corrected chi connectivity index (χ4v) is 2.45. The molecule has 2 rings (SSSR count). The number of aryl methyl sites for hydroxylation is 1. The Morgan fingerprint density at radius 3 is 2.67 bits per heavy atom. The standard InChI is InChI=1S/C17H21FN2O/c1-3-5-12-6-4-7-13(10-12)17(20-19)15-9-8-14(21-2)11-16(15)18/h4,6-11,17,20H,3,5,19H2,1-2H3. The van der Waals surface area contributed by atoms with Crippen LogP contribution >= 0.6 is 0 Å². The molecule has 4 heteroatoms. The van der Waals surface area contributed by atoms with E-state index in [4.69, 9.17) is 10.6 Å². The van der Waals surface area contributed by atoms with E-state index >= 15 is 0 Å². The minimum atomic E-state index is -0.382. The Morgan fingerprint density at radius 2 is 2.05 bits per heavy atom. The van der Waals surface area contributed by atoms with E-state index in [9.17, 15) is 4.39 Å². The summed E-state index contributed by atoms with van der Waals surface area (Å²) in [6.45, 7) is 2.13. The van der Waals surface area contributed by atoms with Gasteiger partial charge >= 0.3 is 0 Å². The first kappa shape index (κ1) is 15.5. The topological polar surface area (TPSA) is 47.3 Å². The van der Waals surface area contributed by atoms with Crippen molar-refractivity contribution < 1.29 is 9.13 Å². The number of nitrogens with two attached hydrogens (primary N) is 1. The molecule has 0 heterocycles. The molecule has 0 fully saturated rings. The molecular formula is C17H21FN2O. The van der Waals surface area contributed by atoms with Crippen LogP contribution in [0, 0.1) is 5.82 Å². The summed E-state index contributed by atoms with van der Waals surface area (Å²) in [4.78, 5) is 0. The molecule has 0 aliphatic carbocycles. The average Bonchev–Trinajstić information content (AvgIpc) is 2.50. The molecule has 0 aromatic heterocycles. The quantitative estimate of drug-likeness (QED) is 0.633. The van der Waals surface area contributed by atoms with Crippen molar-refractivity contribution in [3.63, 3.8) is 0 Å². The zero-order valence-corrected chi connectivity index (χ0v) is 12.4. The summed E-state index contributed by atoms with van der Waals surface area (Å²) >= 11 is 0. The maximum atomic E-state index is 14.2. The molecule has 2 aromatic rings. The van der Waals surface area contributed by atoms with Gasteiger partial charge in [0.25, 0.3) is 0 Å². The number of halogens is 1. The van der Waals surface area contributed by atoms with E-state index < -0.39 is 0 Å². The highest BCUT2D eigenvalue weighted by Gasteiger charge is 2.17. The second kappa shape index (κ2) is 7.20. The Hall–Kier alpha value is -1.91. The van der Waals surface area contributed by atoms with Crippen molar-refractivity contribution in [1.29, 1.82) is 0 Å². The molecule has 0 spiro atoms. The monoisotopic (exact) mass is 288 g/mol. The summed E-state index contributed by atoms with van der Waals surface area (Å²) < 4.78 is 19.3. The van der Waals surface area contributed by atoms with E-state index in [2.05, 4.69) is 24.5 Å². The largest absolute Gasteiger partial charge is 0.497 e.